The van der Waals surface area contributed by atoms with Crippen molar-refractivity contribution >= 4 is 0 Å². The number of hydrogen-bond acceptors (Lipinski definition) is 2. The Morgan fingerprint density at radius 1 is 1.36 bits per heavy atom. The fourth-order valence-corrected chi connectivity index (χ4v) is 0.630. The monoisotopic (exact) mass is 322 g/mol. The van der Waals surface area contributed by atoms with Gasteiger partial charge in [-0.3, -0.25) is 0 Å². The molecule has 1 radical (unpaired) electrons. The van der Waals surface area contributed by atoms with E-state index in [9.17, 15) is 0 Å². The summed E-state index contributed by atoms with van der Waals surface area (Å²) >= 11 is 0. The molecule has 1 aromatic heterocycles. The molecule has 0 amide bonds. The van der Waals surface area contributed by atoms with Crippen molar-refractivity contribution in [2.45, 2.75) is 26.2 Å². The molecule has 3 heteroatoms. The molecular weight excluding hydrogens is 310 g/mol. The number of hydrogen-bond donors (Lipinski definition) is 0. The van der Waals surface area contributed by atoms with Crippen molar-refractivity contribution in [3.8, 4) is 0 Å². The summed E-state index contributed by atoms with van der Waals surface area (Å²) in [7, 11) is 0. The van der Waals surface area contributed by atoms with E-state index in [0.717, 1.165) is 5.82 Å². The average molecular weight is 321 g/mol. The number of nitrogens with zero attached hydrogens (tertiary/aromatic N) is 2. The minimum Gasteiger partial charge on any atom is -0.373 e. The van der Waals surface area contributed by atoms with Gasteiger partial charge >= 0.3 is 0 Å². The molecule has 0 saturated carbocycles. The predicted octanol–water partition coefficient (Wildman–Crippen LogP) is 1.57. The summed E-state index contributed by atoms with van der Waals surface area (Å²) in [6.45, 7) is 6.24. The molecule has 2 nitrogen and oxygen atoms in total. The summed E-state index contributed by atoms with van der Waals surface area (Å²) in [6.07, 6.45) is 4.47. The van der Waals surface area contributed by atoms with E-state index in [2.05, 4.69) is 36.9 Å². The van der Waals surface area contributed by atoms with Gasteiger partial charge < -0.3 is 9.97 Å². The molecule has 0 unspecified atom stereocenters. The van der Waals surface area contributed by atoms with Gasteiger partial charge in [-0.15, -0.1) is 6.07 Å². The molecule has 0 atom stereocenters. The Labute approximate surface area is 81.1 Å². The van der Waals surface area contributed by atoms with Gasteiger partial charge in [0.05, 0.1) is 0 Å². The molecule has 0 N–H and O–H groups in total. The Bertz CT molecular complexity index is 203. The van der Waals surface area contributed by atoms with E-state index in [0.29, 0.717) is 0 Å². The first kappa shape index (κ1) is 10.7. The Balaban J connectivity index is 0.000001000. The van der Waals surface area contributed by atoms with E-state index in [1.165, 1.54) is 0 Å². The average Bonchev–Trinajstić information content (AvgIpc) is 1.88. The van der Waals surface area contributed by atoms with Crippen molar-refractivity contribution in [3.05, 3.63) is 24.3 Å². The van der Waals surface area contributed by atoms with E-state index in [4.69, 9.17) is 0 Å². The fraction of sp³-hybridized carbons (Fsp3) is 0.500. The first-order valence-corrected chi connectivity index (χ1v) is 3.30. The van der Waals surface area contributed by atoms with Gasteiger partial charge in [0, 0.05) is 26.2 Å². The Hall–Kier alpha value is -0.258. The molecule has 0 aliphatic rings. The van der Waals surface area contributed by atoms with Gasteiger partial charge in [0.1, 0.15) is 0 Å². The van der Waals surface area contributed by atoms with Crippen LogP contribution in [0.5, 0.6) is 0 Å². The summed E-state index contributed by atoms with van der Waals surface area (Å²) in [5, 5.41) is 0. The van der Waals surface area contributed by atoms with Crippen LogP contribution in [-0.2, 0) is 25.8 Å². The van der Waals surface area contributed by atoms with Gasteiger partial charge in [-0.2, -0.15) is 0 Å². The second kappa shape index (κ2) is 3.94. The van der Waals surface area contributed by atoms with E-state index >= 15 is 0 Å². The van der Waals surface area contributed by atoms with Crippen LogP contribution in [0.3, 0.4) is 0 Å². The third-order valence-corrected chi connectivity index (χ3v) is 1.19. The zero-order chi connectivity index (χ0) is 7.61. The molecule has 0 saturated heterocycles. The Kier molecular flexibility index (Phi) is 3.85. The van der Waals surface area contributed by atoms with Crippen LogP contribution in [0.25, 0.3) is 0 Å². The molecule has 1 heterocycles. The molecule has 0 aliphatic carbocycles. The Morgan fingerprint density at radius 2 is 2.00 bits per heavy atom. The van der Waals surface area contributed by atoms with Crippen molar-refractivity contribution < 1.29 is 20.4 Å². The van der Waals surface area contributed by atoms with E-state index < -0.39 is 0 Å². The number of rotatable bonds is 0. The first-order valence-electron chi connectivity index (χ1n) is 3.30. The normalized spacial score (nSPS) is 10.5. The Morgan fingerprint density at radius 3 is 2.27 bits per heavy atom. The second-order valence-corrected chi connectivity index (χ2v) is 3.26. The predicted molar refractivity (Wildman–Crippen MR) is 39.6 cm³/mol. The molecular formula is C8H11N2Re-. The van der Waals surface area contributed by atoms with E-state index in [1.807, 2.05) is 0 Å². The summed E-state index contributed by atoms with van der Waals surface area (Å²) in [5.41, 5.74) is 0.0394. The molecule has 0 aromatic carbocycles. The standard InChI is InChI=1S/C8H11N2.Re/c1-8(2,3)7-9-5-4-6-10-7;/h4-5H,1-3H3;/q-1;. The molecule has 61 valence electrons. The maximum atomic E-state index is 4.11. The minimum atomic E-state index is 0. The van der Waals surface area contributed by atoms with E-state index in [-0.39, 0.29) is 25.8 Å². The minimum absolute atomic E-state index is 0. The first-order chi connectivity index (χ1) is 4.61. The molecule has 0 fully saturated rings. The van der Waals surface area contributed by atoms with Crippen LogP contribution in [0, 0.1) is 6.20 Å². The van der Waals surface area contributed by atoms with Crippen molar-refractivity contribution in [1.29, 1.82) is 0 Å². The molecule has 0 bridgehead atoms. The van der Waals surface area contributed by atoms with Gasteiger partial charge in [0.15, 0.2) is 0 Å². The molecule has 1 aromatic rings. The maximum absolute atomic E-state index is 4.11. The summed E-state index contributed by atoms with van der Waals surface area (Å²) in [5.74, 6) is 0.843. The van der Waals surface area contributed by atoms with Crippen LogP contribution in [0.4, 0.5) is 0 Å². The number of aromatic nitrogens is 2. The third kappa shape index (κ3) is 3.09. The van der Waals surface area contributed by atoms with Crippen LogP contribution in [0.15, 0.2) is 12.3 Å². The molecule has 0 aliphatic heterocycles. The zero-order valence-electron chi connectivity index (χ0n) is 6.93. The van der Waals surface area contributed by atoms with Crippen LogP contribution >= 0.6 is 0 Å². The van der Waals surface area contributed by atoms with Gasteiger partial charge in [0.25, 0.3) is 0 Å². The molecule has 0 spiro atoms. The second-order valence-electron chi connectivity index (χ2n) is 3.26. The molecule has 1 rings (SSSR count). The third-order valence-electron chi connectivity index (χ3n) is 1.19. The summed E-state index contributed by atoms with van der Waals surface area (Å²) in [4.78, 5) is 8.12. The van der Waals surface area contributed by atoms with Crippen molar-refractivity contribution in [3.63, 3.8) is 0 Å². The summed E-state index contributed by atoms with van der Waals surface area (Å²) in [6, 6.07) is 1.70. The van der Waals surface area contributed by atoms with Crippen LogP contribution in [0.1, 0.15) is 26.6 Å². The van der Waals surface area contributed by atoms with Gasteiger partial charge in [-0.1, -0.05) is 33.2 Å². The summed E-state index contributed by atoms with van der Waals surface area (Å²) < 4.78 is 0. The quantitative estimate of drug-likeness (QED) is 0.678. The van der Waals surface area contributed by atoms with Crippen molar-refractivity contribution in [1.82, 2.24) is 9.97 Å². The smallest absolute Gasteiger partial charge is 0.0191 e. The van der Waals surface area contributed by atoms with E-state index in [1.54, 1.807) is 12.3 Å². The maximum Gasteiger partial charge on any atom is 0.0191 e. The van der Waals surface area contributed by atoms with Crippen molar-refractivity contribution in [2.24, 2.45) is 0 Å². The SMILES string of the molecule is CC(C)(C)c1n[c-]ccn1.[Re]. The fourth-order valence-electron chi connectivity index (χ4n) is 0.630. The van der Waals surface area contributed by atoms with Crippen molar-refractivity contribution in [2.75, 3.05) is 0 Å². The van der Waals surface area contributed by atoms with Gasteiger partial charge in [0.2, 0.25) is 0 Å². The largest absolute Gasteiger partial charge is 0.373 e. The molecule has 11 heavy (non-hydrogen) atoms. The topological polar surface area (TPSA) is 25.8 Å². The van der Waals surface area contributed by atoms with Crippen LogP contribution < -0.4 is 0 Å². The van der Waals surface area contributed by atoms with Gasteiger partial charge in [-0.05, 0) is 5.41 Å². The van der Waals surface area contributed by atoms with Gasteiger partial charge in [-0.25, -0.2) is 0 Å². The zero-order valence-corrected chi connectivity index (χ0v) is 9.64. The van der Waals surface area contributed by atoms with Crippen LogP contribution in [0.2, 0.25) is 0 Å². The van der Waals surface area contributed by atoms with Crippen LogP contribution in [-0.4, -0.2) is 9.97 Å².